The normalized spacial score (nSPS) is 11.1. The molecule has 5 nitrogen and oxygen atoms in total. The second-order valence-electron chi connectivity index (χ2n) is 5.97. The Morgan fingerprint density at radius 1 is 1.04 bits per heavy atom. The highest BCUT2D eigenvalue weighted by molar-refractivity contribution is 14.0. The van der Waals surface area contributed by atoms with Gasteiger partial charge in [0, 0.05) is 32.8 Å². The summed E-state index contributed by atoms with van der Waals surface area (Å²) in [6, 6.07) is 13.1. The van der Waals surface area contributed by atoms with Gasteiger partial charge in [0.1, 0.15) is 5.75 Å². The van der Waals surface area contributed by atoms with Crippen LogP contribution in [0.25, 0.3) is 0 Å². The average Bonchev–Trinajstić information content (AvgIpc) is 2.65. The number of methoxy groups -OCH3 is 1. The summed E-state index contributed by atoms with van der Waals surface area (Å²) in [7, 11) is 3.31. The van der Waals surface area contributed by atoms with Gasteiger partial charge < -0.3 is 20.1 Å². The number of hydrogen-bond donors (Lipinski definition) is 2. The SMILES string of the molecule is CN=C(NCc1ccccc1COC)NCc1cc(C)ccc1OC(F)F.I. The molecular formula is C20H26F2IN3O2. The molecule has 2 N–H and O–H groups in total. The van der Waals surface area contributed by atoms with E-state index in [4.69, 9.17) is 4.74 Å². The Bertz CT molecular complexity index is 773. The molecule has 2 aromatic carbocycles. The molecule has 8 heteroatoms. The van der Waals surface area contributed by atoms with E-state index in [0.717, 1.165) is 16.7 Å². The molecule has 2 aromatic rings. The van der Waals surface area contributed by atoms with Gasteiger partial charge in [-0.05, 0) is 24.1 Å². The Balaban J connectivity index is 0.00000392. The molecule has 0 saturated carbocycles. The first-order valence-corrected chi connectivity index (χ1v) is 8.58. The van der Waals surface area contributed by atoms with Crippen LogP contribution in [0.1, 0.15) is 22.3 Å². The molecule has 0 bridgehead atoms. The van der Waals surface area contributed by atoms with E-state index in [1.807, 2.05) is 37.3 Å². The zero-order chi connectivity index (χ0) is 19.6. The van der Waals surface area contributed by atoms with Crippen LogP contribution in [0.5, 0.6) is 5.75 Å². The third-order valence-corrected chi connectivity index (χ3v) is 3.97. The first-order valence-electron chi connectivity index (χ1n) is 8.58. The Morgan fingerprint density at radius 3 is 2.29 bits per heavy atom. The predicted octanol–water partition coefficient (Wildman–Crippen LogP) is 4.23. The number of hydrogen-bond acceptors (Lipinski definition) is 3. The number of nitrogens with one attached hydrogen (secondary N) is 2. The van der Waals surface area contributed by atoms with Gasteiger partial charge in [0.2, 0.25) is 0 Å². The predicted molar refractivity (Wildman–Crippen MR) is 117 cm³/mol. The molecule has 0 amide bonds. The number of guanidine groups is 1. The Kier molecular flexibility index (Phi) is 10.8. The van der Waals surface area contributed by atoms with Crippen LogP contribution in [0, 0.1) is 6.92 Å². The van der Waals surface area contributed by atoms with Gasteiger partial charge in [-0.1, -0.05) is 42.0 Å². The number of ether oxygens (including phenoxy) is 2. The Labute approximate surface area is 181 Å². The maximum absolute atomic E-state index is 12.6. The molecule has 28 heavy (non-hydrogen) atoms. The summed E-state index contributed by atoms with van der Waals surface area (Å²) in [5, 5.41) is 6.36. The smallest absolute Gasteiger partial charge is 0.387 e. The van der Waals surface area contributed by atoms with E-state index in [-0.39, 0.29) is 29.7 Å². The van der Waals surface area contributed by atoms with E-state index in [2.05, 4.69) is 20.4 Å². The fraction of sp³-hybridized carbons (Fsp3) is 0.350. The van der Waals surface area contributed by atoms with Crippen molar-refractivity contribution in [2.24, 2.45) is 4.99 Å². The number of rotatable bonds is 8. The minimum Gasteiger partial charge on any atom is -0.434 e. The third kappa shape index (κ3) is 7.59. The second-order valence-corrected chi connectivity index (χ2v) is 5.97. The van der Waals surface area contributed by atoms with E-state index in [1.165, 1.54) is 0 Å². The van der Waals surface area contributed by atoms with Gasteiger partial charge in [-0.3, -0.25) is 4.99 Å². The van der Waals surface area contributed by atoms with Gasteiger partial charge in [-0.25, -0.2) is 0 Å². The molecule has 0 aromatic heterocycles. The Morgan fingerprint density at radius 2 is 1.68 bits per heavy atom. The van der Waals surface area contributed by atoms with Crippen molar-refractivity contribution in [2.45, 2.75) is 33.2 Å². The van der Waals surface area contributed by atoms with Crippen LogP contribution in [0.2, 0.25) is 0 Å². The molecule has 0 radical (unpaired) electrons. The standard InChI is InChI=1S/C20H25F2N3O2.HI/c1-14-8-9-18(27-19(21)22)17(10-14)12-25-20(23-2)24-11-15-6-4-5-7-16(15)13-26-3;/h4-10,19H,11-13H2,1-3H3,(H2,23,24,25);1H. The lowest BCUT2D eigenvalue weighted by Gasteiger charge is -2.16. The first kappa shape index (κ1) is 24.1. The third-order valence-electron chi connectivity index (χ3n) is 3.97. The number of benzene rings is 2. The minimum absolute atomic E-state index is 0. The molecule has 0 unspecified atom stereocenters. The summed E-state index contributed by atoms with van der Waals surface area (Å²) in [5.41, 5.74) is 3.79. The molecule has 0 heterocycles. The van der Waals surface area contributed by atoms with Crippen molar-refractivity contribution in [1.82, 2.24) is 10.6 Å². The van der Waals surface area contributed by atoms with Crippen molar-refractivity contribution < 1.29 is 18.3 Å². The largest absolute Gasteiger partial charge is 0.434 e. The highest BCUT2D eigenvalue weighted by atomic mass is 127. The van der Waals surface area contributed by atoms with E-state index in [0.29, 0.717) is 31.2 Å². The van der Waals surface area contributed by atoms with Crippen molar-refractivity contribution in [3.8, 4) is 5.75 Å². The van der Waals surface area contributed by atoms with E-state index in [1.54, 1.807) is 26.3 Å². The summed E-state index contributed by atoms with van der Waals surface area (Å²) in [5.74, 6) is 0.718. The molecule has 0 saturated heterocycles. The average molecular weight is 505 g/mol. The molecule has 0 aliphatic rings. The van der Waals surface area contributed by atoms with Crippen LogP contribution in [0.3, 0.4) is 0 Å². The second kappa shape index (κ2) is 12.5. The molecule has 0 aliphatic carbocycles. The zero-order valence-corrected chi connectivity index (χ0v) is 18.5. The number of aryl methyl sites for hydroxylation is 1. The molecular weight excluding hydrogens is 479 g/mol. The summed E-state index contributed by atoms with van der Waals surface area (Å²) in [4.78, 5) is 4.18. The lowest BCUT2D eigenvalue weighted by Crippen LogP contribution is -2.36. The molecule has 0 fully saturated rings. The number of alkyl halides is 2. The Hall–Kier alpha value is -1.94. The van der Waals surface area contributed by atoms with Crippen LogP contribution >= 0.6 is 24.0 Å². The highest BCUT2D eigenvalue weighted by Crippen LogP contribution is 2.22. The van der Waals surface area contributed by atoms with Crippen molar-refractivity contribution in [1.29, 1.82) is 0 Å². The fourth-order valence-corrected chi connectivity index (χ4v) is 2.66. The quantitative estimate of drug-likeness (QED) is 0.321. The van der Waals surface area contributed by atoms with Crippen molar-refractivity contribution >= 4 is 29.9 Å². The molecule has 154 valence electrons. The summed E-state index contributed by atoms with van der Waals surface area (Å²) in [6.07, 6.45) is 0. The molecule has 0 atom stereocenters. The van der Waals surface area contributed by atoms with Crippen molar-refractivity contribution in [3.05, 3.63) is 64.7 Å². The van der Waals surface area contributed by atoms with Crippen molar-refractivity contribution in [3.63, 3.8) is 0 Å². The van der Waals surface area contributed by atoms with Gasteiger partial charge in [-0.2, -0.15) is 8.78 Å². The fourth-order valence-electron chi connectivity index (χ4n) is 2.66. The van der Waals surface area contributed by atoms with E-state index >= 15 is 0 Å². The van der Waals surface area contributed by atoms with E-state index < -0.39 is 6.61 Å². The van der Waals surface area contributed by atoms with Gasteiger partial charge in [0.05, 0.1) is 6.61 Å². The summed E-state index contributed by atoms with van der Waals surface area (Å²) in [6.45, 7) is 0.439. The van der Waals surface area contributed by atoms with Gasteiger partial charge >= 0.3 is 6.61 Å². The lowest BCUT2D eigenvalue weighted by atomic mass is 10.1. The van der Waals surface area contributed by atoms with Crippen LogP contribution in [0.15, 0.2) is 47.5 Å². The van der Waals surface area contributed by atoms with Crippen LogP contribution in [0.4, 0.5) is 8.78 Å². The van der Waals surface area contributed by atoms with Gasteiger partial charge in [0.25, 0.3) is 0 Å². The van der Waals surface area contributed by atoms with Gasteiger partial charge in [0.15, 0.2) is 5.96 Å². The maximum Gasteiger partial charge on any atom is 0.387 e. The highest BCUT2D eigenvalue weighted by Gasteiger charge is 2.11. The number of nitrogens with zero attached hydrogens (tertiary/aromatic N) is 1. The van der Waals surface area contributed by atoms with Crippen LogP contribution in [-0.2, 0) is 24.4 Å². The molecule has 0 spiro atoms. The maximum atomic E-state index is 12.6. The van der Waals surface area contributed by atoms with Crippen LogP contribution in [-0.4, -0.2) is 26.7 Å². The number of aliphatic imine (C=N–C) groups is 1. The summed E-state index contributed by atoms with van der Waals surface area (Å²) >= 11 is 0. The first-order chi connectivity index (χ1) is 13.0. The minimum atomic E-state index is -2.86. The van der Waals surface area contributed by atoms with E-state index in [9.17, 15) is 8.78 Å². The van der Waals surface area contributed by atoms with Crippen molar-refractivity contribution in [2.75, 3.05) is 14.2 Å². The molecule has 0 aliphatic heterocycles. The zero-order valence-electron chi connectivity index (χ0n) is 16.2. The molecule has 2 rings (SSSR count). The topological polar surface area (TPSA) is 54.9 Å². The monoisotopic (exact) mass is 505 g/mol. The summed E-state index contributed by atoms with van der Waals surface area (Å²) < 4.78 is 35.0. The lowest BCUT2D eigenvalue weighted by molar-refractivity contribution is -0.0504. The number of halogens is 3. The van der Waals surface area contributed by atoms with Crippen LogP contribution < -0.4 is 15.4 Å². The van der Waals surface area contributed by atoms with Gasteiger partial charge in [-0.15, -0.1) is 24.0 Å².